The SMILES string of the molecule is Cc1cc(C(=O)N2[C@@H](C(=O)OCc3ccccc3)C[C@H]3C[C@H]32)c(C(C)O)cn1. The smallest absolute Gasteiger partial charge is 0.329 e. The number of nitrogens with zero attached hydrogens (tertiary/aromatic N) is 2. The largest absolute Gasteiger partial charge is 0.459 e. The fraction of sp³-hybridized carbons (Fsp3) is 0.409. The molecule has 146 valence electrons. The van der Waals surface area contributed by atoms with Crippen LogP contribution in [0, 0.1) is 12.8 Å². The second-order valence-corrected chi connectivity index (χ2v) is 7.71. The van der Waals surface area contributed by atoms with Crippen molar-refractivity contribution in [1.82, 2.24) is 9.88 Å². The van der Waals surface area contributed by atoms with E-state index >= 15 is 0 Å². The van der Waals surface area contributed by atoms with Gasteiger partial charge in [-0.1, -0.05) is 30.3 Å². The molecule has 0 bridgehead atoms. The molecule has 1 aliphatic carbocycles. The first-order chi connectivity index (χ1) is 13.5. The summed E-state index contributed by atoms with van der Waals surface area (Å²) in [4.78, 5) is 31.9. The number of carbonyl (C=O) groups excluding carboxylic acids is 2. The van der Waals surface area contributed by atoms with Crippen LogP contribution in [0.15, 0.2) is 42.6 Å². The highest BCUT2D eigenvalue weighted by Gasteiger charge is 2.56. The Kier molecular flexibility index (Phi) is 4.89. The number of hydrogen-bond acceptors (Lipinski definition) is 5. The number of carbonyl (C=O) groups is 2. The van der Waals surface area contributed by atoms with Crippen LogP contribution < -0.4 is 0 Å². The lowest BCUT2D eigenvalue weighted by atomic mass is 10.0. The molecule has 1 saturated heterocycles. The van der Waals surface area contributed by atoms with Crippen LogP contribution in [0.1, 0.15) is 53.0 Å². The van der Waals surface area contributed by atoms with E-state index in [4.69, 9.17) is 4.74 Å². The van der Waals surface area contributed by atoms with Crippen LogP contribution in [0.25, 0.3) is 0 Å². The van der Waals surface area contributed by atoms with E-state index in [0.29, 0.717) is 29.2 Å². The number of piperidine rings is 1. The predicted molar refractivity (Wildman–Crippen MR) is 102 cm³/mol. The summed E-state index contributed by atoms with van der Waals surface area (Å²) in [6.07, 6.45) is 2.28. The van der Waals surface area contributed by atoms with Gasteiger partial charge in [-0.05, 0) is 44.2 Å². The highest BCUT2D eigenvalue weighted by molar-refractivity contribution is 5.99. The van der Waals surface area contributed by atoms with E-state index in [2.05, 4.69) is 4.98 Å². The molecule has 4 rings (SSSR count). The number of aryl methyl sites for hydroxylation is 1. The topological polar surface area (TPSA) is 79.7 Å². The van der Waals surface area contributed by atoms with Crippen LogP contribution in [0.2, 0.25) is 0 Å². The third-order valence-electron chi connectivity index (χ3n) is 5.59. The number of esters is 1. The van der Waals surface area contributed by atoms with Gasteiger partial charge in [-0.2, -0.15) is 0 Å². The minimum Gasteiger partial charge on any atom is -0.459 e. The lowest BCUT2D eigenvalue weighted by Gasteiger charge is -2.27. The van der Waals surface area contributed by atoms with E-state index in [1.165, 1.54) is 6.20 Å². The zero-order valence-corrected chi connectivity index (χ0v) is 16.0. The maximum absolute atomic E-state index is 13.3. The van der Waals surface area contributed by atoms with Gasteiger partial charge < -0.3 is 14.7 Å². The molecule has 1 aliphatic heterocycles. The maximum Gasteiger partial charge on any atom is 0.329 e. The van der Waals surface area contributed by atoms with Gasteiger partial charge in [-0.25, -0.2) is 4.79 Å². The first-order valence-corrected chi connectivity index (χ1v) is 9.63. The lowest BCUT2D eigenvalue weighted by Crippen LogP contribution is -2.44. The molecular weight excluding hydrogens is 356 g/mol. The van der Waals surface area contributed by atoms with E-state index < -0.39 is 12.1 Å². The van der Waals surface area contributed by atoms with Crippen molar-refractivity contribution in [2.45, 2.75) is 51.5 Å². The van der Waals surface area contributed by atoms with Gasteiger partial charge in [0.05, 0.1) is 6.10 Å². The van der Waals surface area contributed by atoms with Crippen LogP contribution in [0.4, 0.5) is 0 Å². The highest BCUT2D eigenvalue weighted by atomic mass is 16.5. The minimum absolute atomic E-state index is 0.0806. The zero-order valence-electron chi connectivity index (χ0n) is 16.0. The Bertz CT molecular complexity index is 897. The van der Waals surface area contributed by atoms with Crippen molar-refractivity contribution < 1.29 is 19.4 Å². The van der Waals surface area contributed by atoms with Crippen LogP contribution in [0.5, 0.6) is 0 Å². The van der Waals surface area contributed by atoms with E-state index in [-0.39, 0.29) is 24.5 Å². The van der Waals surface area contributed by atoms with Crippen molar-refractivity contribution >= 4 is 11.9 Å². The molecular formula is C22H24N2O4. The summed E-state index contributed by atoms with van der Waals surface area (Å²) in [6, 6.07) is 10.7. The molecule has 2 aromatic rings. The molecule has 0 spiro atoms. The third kappa shape index (κ3) is 3.52. The summed E-state index contributed by atoms with van der Waals surface area (Å²) < 4.78 is 5.50. The average Bonchev–Trinajstić information content (AvgIpc) is 3.35. The van der Waals surface area contributed by atoms with Crippen LogP contribution >= 0.6 is 0 Å². The Balaban J connectivity index is 1.54. The monoisotopic (exact) mass is 380 g/mol. The first kappa shape index (κ1) is 18.6. The van der Waals surface area contributed by atoms with Crippen LogP contribution in [-0.4, -0.2) is 39.0 Å². The number of aliphatic hydroxyl groups is 1. The van der Waals surface area contributed by atoms with E-state index in [9.17, 15) is 14.7 Å². The Morgan fingerprint density at radius 3 is 2.75 bits per heavy atom. The van der Waals surface area contributed by atoms with E-state index in [0.717, 1.165) is 12.0 Å². The molecule has 0 radical (unpaired) electrons. The van der Waals surface area contributed by atoms with Gasteiger partial charge in [0.25, 0.3) is 5.91 Å². The number of aromatic nitrogens is 1. The number of hydrogen-bond donors (Lipinski definition) is 1. The predicted octanol–water partition coefficient (Wildman–Crippen LogP) is 2.79. The number of fused-ring (bicyclic) bond motifs is 1. The molecule has 1 aromatic heterocycles. The van der Waals surface area contributed by atoms with Crippen molar-refractivity contribution in [3.05, 3.63) is 65.0 Å². The van der Waals surface area contributed by atoms with Crippen molar-refractivity contribution in [3.8, 4) is 0 Å². The number of aliphatic hydroxyl groups excluding tert-OH is 1. The molecule has 6 nitrogen and oxygen atoms in total. The number of ether oxygens (including phenoxy) is 1. The Labute approximate surface area is 164 Å². The normalized spacial score (nSPS) is 23.8. The first-order valence-electron chi connectivity index (χ1n) is 9.63. The Morgan fingerprint density at radius 2 is 2.04 bits per heavy atom. The number of rotatable bonds is 5. The van der Waals surface area contributed by atoms with Gasteiger partial charge >= 0.3 is 5.97 Å². The summed E-state index contributed by atoms with van der Waals surface area (Å²) >= 11 is 0. The standard InChI is InChI=1S/C22H24N2O4/c1-13-8-17(18(11-23-13)14(2)25)21(26)24-19-9-16(19)10-20(24)22(27)28-12-15-6-4-3-5-7-15/h3-8,11,14,16,19-20,25H,9-10,12H2,1-2H3/t14?,16-,19-,20-/m1/s1. The minimum atomic E-state index is -0.812. The van der Waals surface area contributed by atoms with E-state index in [1.54, 1.807) is 24.8 Å². The van der Waals surface area contributed by atoms with Gasteiger partial charge in [0.15, 0.2) is 0 Å². The van der Waals surface area contributed by atoms with Gasteiger partial charge in [0, 0.05) is 29.1 Å². The molecule has 2 fully saturated rings. The maximum atomic E-state index is 13.3. The number of amides is 1. The van der Waals surface area contributed by atoms with E-state index in [1.807, 2.05) is 30.3 Å². The Hall–Kier alpha value is -2.73. The van der Waals surface area contributed by atoms with Gasteiger partial charge in [0.1, 0.15) is 12.6 Å². The van der Waals surface area contributed by atoms with Crippen LogP contribution in [-0.2, 0) is 16.1 Å². The fourth-order valence-electron chi connectivity index (χ4n) is 4.01. The van der Waals surface area contributed by atoms with Crippen molar-refractivity contribution in [1.29, 1.82) is 0 Å². The molecule has 2 aliphatic rings. The number of pyridine rings is 1. The molecule has 6 heteroatoms. The van der Waals surface area contributed by atoms with Crippen molar-refractivity contribution in [2.75, 3.05) is 0 Å². The molecule has 28 heavy (non-hydrogen) atoms. The van der Waals surface area contributed by atoms with Crippen LogP contribution in [0.3, 0.4) is 0 Å². The molecule has 1 amide bonds. The average molecular weight is 380 g/mol. The molecule has 4 atom stereocenters. The zero-order chi connectivity index (χ0) is 19.8. The van der Waals surface area contributed by atoms with Gasteiger partial charge in [-0.15, -0.1) is 0 Å². The summed E-state index contributed by atoms with van der Waals surface area (Å²) in [5, 5.41) is 10.0. The van der Waals surface area contributed by atoms with Gasteiger partial charge in [-0.3, -0.25) is 9.78 Å². The summed E-state index contributed by atoms with van der Waals surface area (Å²) in [7, 11) is 0. The molecule has 2 heterocycles. The number of benzene rings is 1. The second-order valence-electron chi connectivity index (χ2n) is 7.71. The molecule has 1 N–H and O–H groups in total. The number of likely N-dealkylation sites (tertiary alicyclic amines) is 1. The lowest BCUT2D eigenvalue weighted by molar-refractivity contribution is -0.150. The summed E-state index contributed by atoms with van der Waals surface area (Å²) in [5.41, 5.74) is 2.51. The molecule has 1 saturated carbocycles. The third-order valence-corrected chi connectivity index (χ3v) is 5.59. The van der Waals surface area contributed by atoms with Crippen molar-refractivity contribution in [3.63, 3.8) is 0 Å². The molecule has 1 aromatic carbocycles. The Morgan fingerprint density at radius 1 is 1.29 bits per heavy atom. The van der Waals surface area contributed by atoms with Crippen molar-refractivity contribution in [2.24, 2.45) is 5.92 Å². The highest BCUT2D eigenvalue weighted by Crippen LogP contribution is 2.49. The fourth-order valence-corrected chi connectivity index (χ4v) is 4.01. The quantitative estimate of drug-likeness (QED) is 0.807. The summed E-state index contributed by atoms with van der Waals surface area (Å²) in [6.45, 7) is 3.61. The summed E-state index contributed by atoms with van der Waals surface area (Å²) in [5.74, 6) is -0.238. The second kappa shape index (κ2) is 7.36. The molecule has 1 unspecified atom stereocenters. The van der Waals surface area contributed by atoms with Gasteiger partial charge in [0.2, 0.25) is 0 Å².